The van der Waals surface area contributed by atoms with Crippen molar-refractivity contribution in [3.05, 3.63) is 36.9 Å². The van der Waals surface area contributed by atoms with Crippen molar-refractivity contribution >= 4 is 35.3 Å². The summed E-state index contributed by atoms with van der Waals surface area (Å²) in [4.78, 5) is 91.6. The van der Waals surface area contributed by atoms with Crippen molar-refractivity contribution in [3.63, 3.8) is 0 Å². The number of Topliss-reactive ketones (excluding diaryl/α,β-unsaturated/α-hetero) is 1. The number of nitrogens with zero attached hydrogens (tertiary/aromatic N) is 3. The highest BCUT2D eigenvalue weighted by atomic mass is 16.2. The predicted molar refractivity (Wildman–Crippen MR) is 190 cm³/mol. The van der Waals surface area contributed by atoms with Crippen LogP contribution in [0.4, 0.5) is 0 Å². The zero-order valence-corrected chi connectivity index (χ0v) is 30.7. The van der Waals surface area contributed by atoms with Crippen molar-refractivity contribution in [3.8, 4) is 12.3 Å². The normalized spacial score (nSPS) is 23.2. The summed E-state index contributed by atoms with van der Waals surface area (Å²) >= 11 is 0. The second-order valence-corrected chi connectivity index (χ2v) is 16.1. The molecule has 2 saturated carbocycles. The van der Waals surface area contributed by atoms with Crippen LogP contribution in [0.25, 0.3) is 0 Å². The van der Waals surface area contributed by atoms with Crippen LogP contribution in [-0.4, -0.2) is 87.4 Å². The van der Waals surface area contributed by atoms with E-state index >= 15 is 0 Å². The fraction of sp³-hybridized carbons (Fsp3) is 0.632. The Kier molecular flexibility index (Phi) is 12.1. The van der Waals surface area contributed by atoms with Gasteiger partial charge < -0.3 is 26.2 Å². The van der Waals surface area contributed by atoms with Gasteiger partial charge in [0.2, 0.25) is 23.5 Å². The topological polar surface area (TPSA) is 180 Å². The summed E-state index contributed by atoms with van der Waals surface area (Å²) in [6.45, 7) is 15.4. The lowest BCUT2D eigenvalue weighted by molar-refractivity contribution is -0.147. The molecule has 5 amide bonds. The first-order valence-electron chi connectivity index (χ1n) is 17.8. The fourth-order valence-electron chi connectivity index (χ4n) is 7.84. The Hall–Kier alpha value is -4.60. The molecular formula is C38H53N7O6. The third kappa shape index (κ3) is 8.65. The number of carbonyl (C=O) groups is 6. The number of hydrogen-bond donors (Lipinski definition) is 4. The van der Waals surface area contributed by atoms with Crippen molar-refractivity contribution in [2.45, 2.75) is 111 Å². The molecule has 276 valence electrons. The van der Waals surface area contributed by atoms with Gasteiger partial charge in [-0.15, -0.1) is 18.9 Å². The van der Waals surface area contributed by atoms with E-state index in [4.69, 9.17) is 6.42 Å². The van der Waals surface area contributed by atoms with E-state index in [1.54, 1.807) is 0 Å². The summed E-state index contributed by atoms with van der Waals surface area (Å²) in [7, 11) is 0. The molecule has 13 nitrogen and oxygen atoms in total. The Morgan fingerprint density at radius 3 is 2.33 bits per heavy atom. The minimum Gasteiger partial charge on any atom is -0.346 e. The van der Waals surface area contributed by atoms with E-state index in [9.17, 15) is 28.8 Å². The molecule has 4 N–H and O–H groups in total. The highest BCUT2D eigenvalue weighted by Crippen LogP contribution is 2.65. The molecule has 3 aliphatic rings. The van der Waals surface area contributed by atoms with E-state index in [-0.39, 0.29) is 48.9 Å². The van der Waals surface area contributed by atoms with Crippen molar-refractivity contribution in [2.75, 3.05) is 13.1 Å². The van der Waals surface area contributed by atoms with Gasteiger partial charge in [0.15, 0.2) is 0 Å². The maximum Gasteiger partial charge on any atom is 0.289 e. The number of terminal acetylenes is 1. The number of ketones is 1. The van der Waals surface area contributed by atoms with E-state index in [1.165, 1.54) is 29.6 Å². The lowest BCUT2D eigenvalue weighted by atomic mass is 9.70. The Morgan fingerprint density at radius 1 is 1.06 bits per heavy atom. The summed E-state index contributed by atoms with van der Waals surface area (Å²) in [5, 5.41) is 11.1. The number of piperidine rings is 1. The molecule has 0 radical (unpaired) electrons. The highest BCUT2D eigenvalue weighted by molar-refractivity contribution is 6.38. The first kappa shape index (κ1) is 39.2. The molecule has 2 aliphatic carbocycles. The van der Waals surface area contributed by atoms with Gasteiger partial charge in [0.25, 0.3) is 11.8 Å². The van der Waals surface area contributed by atoms with Gasteiger partial charge in [-0.3, -0.25) is 33.8 Å². The third-order valence-corrected chi connectivity index (χ3v) is 11.0. The number of carbonyl (C=O) groups excluding carboxylic acids is 6. The van der Waals surface area contributed by atoms with Gasteiger partial charge in [-0.2, -0.15) is 0 Å². The molecule has 51 heavy (non-hydrogen) atoms. The number of likely N-dealkylation sites (tertiary alicyclic amines) is 1. The molecule has 0 unspecified atom stereocenters. The number of fused-ring (bicyclic) bond motifs is 1. The zero-order valence-electron chi connectivity index (χ0n) is 30.7. The molecule has 2 heterocycles. The maximum absolute atomic E-state index is 14.6. The Bertz CT molecular complexity index is 1560. The lowest BCUT2D eigenvalue weighted by Gasteiger charge is -2.42. The smallest absolute Gasteiger partial charge is 0.289 e. The predicted octanol–water partition coefficient (Wildman–Crippen LogP) is 2.33. The van der Waals surface area contributed by atoms with Crippen LogP contribution in [0, 0.1) is 40.4 Å². The maximum atomic E-state index is 14.6. The van der Waals surface area contributed by atoms with Gasteiger partial charge in [-0.1, -0.05) is 66.9 Å². The van der Waals surface area contributed by atoms with Crippen LogP contribution < -0.4 is 21.3 Å². The zero-order chi connectivity index (χ0) is 37.7. The fourth-order valence-corrected chi connectivity index (χ4v) is 7.84. The molecule has 0 bridgehead atoms. The molecule has 1 aromatic rings. The van der Waals surface area contributed by atoms with E-state index in [2.05, 4.69) is 43.7 Å². The van der Waals surface area contributed by atoms with Crippen molar-refractivity contribution < 1.29 is 28.8 Å². The first-order chi connectivity index (χ1) is 24.0. The van der Waals surface area contributed by atoms with Gasteiger partial charge in [0.05, 0.1) is 12.2 Å². The van der Waals surface area contributed by atoms with E-state index in [0.29, 0.717) is 12.8 Å². The molecule has 6 atom stereocenters. The monoisotopic (exact) mass is 703 g/mol. The van der Waals surface area contributed by atoms with Gasteiger partial charge in [-0.25, -0.2) is 4.98 Å². The van der Waals surface area contributed by atoms with Crippen molar-refractivity contribution in [2.24, 2.45) is 28.1 Å². The van der Waals surface area contributed by atoms with Crippen LogP contribution in [0.15, 0.2) is 31.2 Å². The Labute approximate surface area is 300 Å². The summed E-state index contributed by atoms with van der Waals surface area (Å²) in [6.07, 6.45) is 15.5. The van der Waals surface area contributed by atoms with Crippen molar-refractivity contribution in [1.29, 1.82) is 0 Å². The minimum atomic E-state index is -1.19. The van der Waals surface area contributed by atoms with Crippen LogP contribution in [0.1, 0.15) is 97.0 Å². The quantitative estimate of drug-likeness (QED) is 0.130. The third-order valence-electron chi connectivity index (χ3n) is 11.0. The van der Waals surface area contributed by atoms with E-state index < -0.39 is 70.3 Å². The SMILES string of the molecule is C#CCC[C@H](NC(=O)[C@@H]1[C@@H]2[C@H](CN1C(=O)[C@@H](NC(=O)[C@@H](NC(=O)c1cnccn1)C1(C)CCCCC1)C(C)(C)C)C2(C)C)C(=O)C(=O)NCC=C. The van der Waals surface area contributed by atoms with E-state index in [1.807, 2.05) is 41.5 Å². The molecule has 1 aromatic heterocycles. The van der Waals surface area contributed by atoms with Gasteiger partial charge in [0, 0.05) is 31.9 Å². The average molecular weight is 704 g/mol. The summed E-state index contributed by atoms with van der Waals surface area (Å²) in [6, 6.07) is -4.17. The molecule has 0 aromatic carbocycles. The van der Waals surface area contributed by atoms with Gasteiger partial charge in [0.1, 0.15) is 23.8 Å². The summed E-state index contributed by atoms with van der Waals surface area (Å²) in [5.41, 5.74) is -1.55. The van der Waals surface area contributed by atoms with Crippen LogP contribution in [0.2, 0.25) is 0 Å². The molecule has 1 aliphatic heterocycles. The minimum absolute atomic E-state index is 0.0180. The van der Waals surface area contributed by atoms with Gasteiger partial charge >= 0.3 is 0 Å². The van der Waals surface area contributed by atoms with Crippen molar-refractivity contribution in [1.82, 2.24) is 36.1 Å². The Morgan fingerprint density at radius 2 is 1.75 bits per heavy atom. The Balaban J connectivity index is 1.61. The molecule has 3 fully saturated rings. The van der Waals surface area contributed by atoms with Crippen LogP contribution >= 0.6 is 0 Å². The summed E-state index contributed by atoms with van der Waals surface area (Å²) < 4.78 is 0. The second kappa shape index (κ2) is 15.7. The number of hydrogen-bond acceptors (Lipinski definition) is 8. The molecule has 4 rings (SSSR count). The van der Waals surface area contributed by atoms with E-state index in [0.717, 1.165) is 19.3 Å². The highest BCUT2D eigenvalue weighted by Gasteiger charge is 2.70. The summed E-state index contributed by atoms with van der Waals surface area (Å²) in [5.74, 6) is -1.48. The average Bonchev–Trinajstić information content (AvgIpc) is 3.39. The number of amides is 5. The lowest BCUT2D eigenvalue weighted by Crippen LogP contribution is -2.64. The molecule has 1 saturated heterocycles. The van der Waals surface area contributed by atoms with Crippen LogP contribution in [0.3, 0.4) is 0 Å². The molecule has 13 heteroatoms. The molecule has 0 spiro atoms. The number of aromatic nitrogens is 2. The standard InChI is InChI=1S/C38H53N7O6/c1-9-11-15-24(28(46)33(49)41-18-10-2)42-32(48)27-26-23(37(26,6)7)22-45(27)35(51)30(36(3,4)5)44-34(50)29(38(8)16-13-12-14-17-38)43-31(47)25-21-39-19-20-40-25/h1,10,19-21,23-24,26-27,29-30H,2,11-18,22H2,3-8H3,(H,41,49)(H,42,48)(H,43,47)(H,44,50)/t23-,24-,26-,27-,29+,30+/m0/s1. The first-order valence-corrected chi connectivity index (χ1v) is 17.8. The van der Waals surface area contributed by atoms with Crippen LogP contribution in [-0.2, 0) is 24.0 Å². The largest absolute Gasteiger partial charge is 0.346 e. The molecular weight excluding hydrogens is 650 g/mol. The van der Waals surface area contributed by atoms with Gasteiger partial charge in [-0.05, 0) is 47.3 Å². The number of nitrogens with one attached hydrogen (secondary N) is 4. The van der Waals surface area contributed by atoms with Crippen LogP contribution in [0.5, 0.6) is 0 Å². The second-order valence-electron chi connectivity index (χ2n) is 16.1. The number of rotatable bonds is 14.